The van der Waals surface area contributed by atoms with Gasteiger partial charge in [0.1, 0.15) is 29.6 Å². The number of imidazole rings is 1. The molecule has 2 aliphatic rings. The number of carbonyl (C=O) groups is 1. The number of fused-ring (bicyclic) bond motifs is 1. The zero-order valence-corrected chi connectivity index (χ0v) is 25.2. The van der Waals surface area contributed by atoms with Crippen LogP contribution in [-0.4, -0.2) is 71.4 Å². The number of esters is 1. The Morgan fingerprint density at radius 2 is 1.98 bits per heavy atom. The van der Waals surface area contributed by atoms with E-state index in [4.69, 9.17) is 24.5 Å². The number of hydrogen-bond acceptors (Lipinski definition) is 9. The van der Waals surface area contributed by atoms with Gasteiger partial charge >= 0.3 is 5.97 Å². The van der Waals surface area contributed by atoms with Crippen molar-refractivity contribution >= 4 is 38.8 Å². The summed E-state index contributed by atoms with van der Waals surface area (Å²) in [7, 11) is 1.38. The van der Waals surface area contributed by atoms with Crippen molar-refractivity contribution < 1.29 is 23.4 Å². The first-order valence-corrected chi connectivity index (χ1v) is 14.9. The number of anilines is 1. The summed E-state index contributed by atoms with van der Waals surface area (Å²) in [5.41, 5.74) is 2.79. The third-order valence-corrected chi connectivity index (χ3v) is 8.42. The largest absolute Gasteiger partial charge is 0.473 e. The van der Waals surface area contributed by atoms with Gasteiger partial charge in [-0.2, -0.15) is 10.2 Å². The van der Waals surface area contributed by atoms with E-state index in [1.54, 1.807) is 24.3 Å². The first-order chi connectivity index (χ1) is 20.9. The van der Waals surface area contributed by atoms with Crippen molar-refractivity contribution in [2.45, 2.75) is 32.2 Å². The van der Waals surface area contributed by atoms with Gasteiger partial charge in [0.2, 0.25) is 5.88 Å². The fourth-order valence-electron chi connectivity index (χ4n) is 5.30. The highest BCUT2D eigenvalue weighted by Gasteiger charge is 2.26. The normalized spacial score (nSPS) is 17.0. The van der Waals surface area contributed by atoms with Crippen LogP contribution >= 0.6 is 15.9 Å². The topological polar surface area (TPSA) is 106 Å². The van der Waals surface area contributed by atoms with Gasteiger partial charge in [0.05, 0.1) is 49.0 Å². The Labute approximate surface area is 256 Å². The highest BCUT2D eigenvalue weighted by Crippen LogP contribution is 2.29. The Morgan fingerprint density at radius 3 is 2.67 bits per heavy atom. The highest BCUT2D eigenvalue weighted by atomic mass is 79.9. The van der Waals surface area contributed by atoms with Gasteiger partial charge in [-0.15, -0.1) is 0 Å². The molecule has 1 unspecified atom stereocenters. The number of methoxy groups -OCH3 is 1. The number of nitrogens with zero attached hydrogens (tertiary/aromatic N) is 6. The van der Waals surface area contributed by atoms with E-state index in [1.165, 1.54) is 13.2 Å². The van der Waals surface area contributed by atoms with Gasteiger partial charge < -0.3 is 23.7 Å². The first-order valence-electron chi connectivity index (χ1n) is 14.1. The van der Waals surface area contributed by atoms with Crippen molar-refractivity contribution in [3.8, 4) is 11.9 Å². The SMILES string of the molecule is COC(=O)c1cc(Br)c2nc(CN3CCN(c4cccc(OCc5ccc(C#N)cc5F)n4)CC3)n(CC3CCO3)c2c1. The maximum atomic E-state index is 14.3. The Hall–Kier alpha value is -4.05. The summed E-state index contributed by atoms with van der Waals surface area (Å²) in [4.78, 5) is 26.5. The van der Waals surface area contributed by atoms with Crippen molar-refractivity contribution in [3.63, 3.8) is 0 Å². The van der Waals surface area contributed by atoms with E-state index in [9.17, 15) is 9.18 Å². The minimum absolute atomic E-state index is 0.0197. The molecule has 2 aromatic heterocycles. The molecule has 0 spiro atoms. The second-order valence-electron chi connectivity index (χ2n) is 10.5. The Kier molecular flexibility index (Phi) is 8.56. The lowest BCUT2D eigenvalue weighted by atomic mass is 10.1. The summed E-state index contributed by atoms with van der Waals surface area (Å²) in [6, 6.07) is 15.4. The lowest BCUT2D eigenvalue weighted by molar-refractivity contribution is -0.0592. The standard InChI is InChI=1S/C31H30BrFN6O4/c1-41-31(40)22-14-24(32)30-26(15-22)39(17-23-7-12-42-23)28(36-30)18-37-8-10-38(11-9-37)27-3-2-4-29(35-27)43-19-21-6-5-20(16-34)13-25(21)33/h2-6,13-15,23H,7-12,17-19H2,1H3. The van der Waals surface area contributed by atoms with Crippen molar-refractivity contribution in [2.24, 2.45) is 0 Å². The van der Waals surface area contributed by atoms with Crippen molar-refractivity contribution in [2.75, 3.05) is 44.8 Å². The van der Waals surface area contributed by atoms with Gasteiger partial charge in [-0.05, 0) is 52.7 Å². The van der Waals surface area contributed by atoms with Gasteiger partial charge in [0.25, 0.3) is 0 Å². The van der Waals surface area contributed by atoms with E-state index in [-0.39, 0.29) is 18.3 Å². The van der Waals surface area contributed by atoms with Gasteiger partial charge in [0, 0.05) is 48.9 Å². The number of carbonyl (C=O) groups excluding carboxylic acids is 1. The van der Waals surface area contributed by atoms with Crippen molar-refractivity contribution in [1.29, 1.82) is 5.26 Å². The average molecular weight is 650 g/mol. The number of ether oxygens (including phenoxy) is 3. The maximum Gasteiger partial charge on any atom is 0.337 e. The van der Waals surface area contributed by atoms with E-state index >= 15 is 0 Å². The molecule has 2 aliphatic heterocycles. The Morgan fingerprint density at radius 1 is 1.16 bits per heavy atom. The average Bonchev–Trinajstić information content (AvgIpc) is 3.35. The molecule has 0 saturated carbocycles. The Balaban J connectivity index is 1.12. The number of hydrogen-bond donors (Lipinski definition) is 0. The third-order valence-electron chi connectivity index (χ3n) is 7.82. The molecule has 4 aromatic rings. The van der Waals surface area contributed by atoms with E-state index < -0.39 is 11.8 Å². The van der Waals surface area contributed by atoms with Crippen LogP contribution in [0.5, 0.6) is 5.88 Å². The molecule has 0 bridgehead atoms. The van der Waals surface area contributed by atoms with Crippen molar-refractivity contribution in [1.82, 2.24) is 19.4 Å². The number of aromatic nitrogens is 3. The monoisotopic (exact) mass is 648 g/mol. The molecular weight excluding hydrogens is 619 g/mol. The zero-order chi connectivity index (χ0) is 29.9. The van der Waals surface area contributed by atoms with Crippen LogP contribution in [0.25, 0.3) is 11.0 Å². The van der Waals surface area contributed by atoms with Crippen LogP contribution in [0.1, 0.15) is 33.7 Å². The summed E-state index contributed by atoms with van der Waals surface area (Å²) < 4.78 is 33.7. The van der Waals surface area contributed by atoms with Crippen LogP contribution < -0.4 is 9.64 Å². The fourth-order valence-corrected chi connectivity index (χ4v) is 5.84. The summed E-state index contributed by atoms with van der Waals surface area (Å²) in [6.45, 7) is 5.26. The second-order valence-corrected chi connectivity index (χ2v) is 11.4. The summed E-state index contributed by atoms with van der Waals surface area (Å²) in [6.07, 6.45) is 1.12. The minimum atomic E-state index is -0.476. The van der Waals surface area contributed by atoms with E-state index in [0.717, 1.165) is 66.4 Å². The quantitative estimate of drug-likeness (QED) is 0.239. The molecule has 6 rings (SSSR count). The third kappa shape index (κ3) is 6.34. The smallest absolute Gasteiger partial charge is 0.337 e. The van der Waals surface area contributed by atoms with Crippen LogP contribution in [0.4, 0.5) is 10.2 Å². The fraction of sp³-hybridized carbons (Fsp3) is 0.355. The van der Waals surface area contributed by atoms with Crippen LogP contribution in [-0.2, 0) is 29.2 Å². The number of rotatable bonds is 9. The van der Waals surface area contributed by atoms with Crippen LogP contribution in [0.2, 0.25) is 0 Å². The predicted octanol–water partition coefficient (Wildman–Crippen LogP) is 4.68. The molecule has 4 heterocycles. The van der Waals surface area contributed by atoms with Gasteiger partial charge in [-0.3, -0.25) is 4.90 Å². The zero-order valence-electron chi connectivity index (χ0n) is 23.6. The molecule has 0 radical (unpaired) electrons. The lowest BCUT2D eigenvalue weighted by Gasteiger charge is -2.35. The van der Waals surface area contributed by atoms with E-state index in [2.05, 4.69) is 35.3 Å². The molecule has 0 amide bonds. The molecule has 2 fully saturated rings. The molecule has 0 N–H and O–H groups in total. The molecule has 2 aromatic carbocycles. The Bertz CT molecular complexity index is 1690. The molecule has 222 valence electrons. The number of nitriles is 1. The van der Waals surface area contributed by atoms with Gasteiger partial charge in [0.15, 0.2) is 0 Å². The number of piperazine rings is 1. The second kappa shape index (κ2) is 12.7. The van der Waals surface area contributed by atoms with Crippen LogP contribution in [0, 0.1) is 17.1 Å². The molecule has 0 aliphatic carbocycles. The molecule has 12 heteroatoms. The predicted molar refractivity (Wildman–Crippen MR) is 160 cm³/mol. The minimum Gasteiger partial charge on any atom is -0.473 e. The highest BCUT2D eigenvalue weighted by molar-refractivity contribution is 9.10. The van der Waals surface area contributed by atoms with Crippen LogP contribution in [0.15, 0.2) is 53.0 Å². The summed E-state index contributed by atoms with van der Waals surface area (Å²) in [5.74, 6) is 1.26. The molecule has 2 saturated heterocycles. The summed E-state index contributed by atoms with van der Waals surface area (Å²) >= 11 is 3.61. The lowest BCUT2D eigenvalue weighted by Crippen LogP contribution is -2.46. The van der Waals surface area contributed by atoms with Gasteiger partial charge in [-0.1, -0.05) is 12.1 Å². The van der Waals surface area contributed by atoms with Gasteiger partial charge in [-0.25, -0.2) is 14.2 Å². The van der Waals surface area contributed by atoms with Crippen LogP contribution in [0.3, 0.4) is 0 Å². The molecule has 1 atom stereocenters. The summed E-state index contributed by atoms with van der Waals surface area (Å²) in [5, 5.41) is 8.94. The first kappa shape index (κ1) is 29.0. The van der Waals surface area contributed by atoms with E-state index in [1.807, 2.05) is 24.3 Å². The molecule has 43 heavy (non-hydrogen) atoms. The van der Waals surface area contributed by atoms with Crippen molar-refractivity contribution in [3.05, 3.63) is 81.3 Å². The van der Waals surface area contributed by atoms with E-state index in [0.29, 0.717) is 30.1 Å². The number of pyridine rings is 1. The molecule has 10 nitrogen and oxygen atoms in total. The molecular formula is C31H30BrFN6O4. The number of benzene rings is 2. The number of halogens is 2. The maximum absolute atomic E-state index is 14.3.